The van der Waals surface area contributed by atoms with Gasteiger partial charge in [-0.2, -0.15) is 5.10 Å². The van der Waals surface area contributed by atoms with Crippen LogP contribution in [0.2, 0.25) is 5.02 Å². The van der Waals surface area contributed by atoms with Crippen molar-refractivity contribution < 1.29 is 19.1 Å². The van der Waals surface area contributed by atoms with Crippen LogP contribution in [0.5, 0.6) is 0 Å². The summed E-state index contributed by atoms with van der Waals surface area (Å²) < 4.78 is 7.25. The number of imide groups is 1. The molecule has 0 N–H and O–H groups in total. The highest BCUT2D eigenvalue weighted by Gasteiger charge is 2.48. The number of likely N-dealkylation sites (tertiary alicyclic amines) is 2. The molecule has 1 unspecified atom stereocenters. The first-order chi connectivity index (χ1) is 18.4. The number of hydrogen-bond acceptors (Lipinski definition) is 6. The number of aromatic nitrogens is 3. The molecule has 2 aromatic rings. The Kier molecular flexibility index (Phi) is 8.54. The summed E-state index contributed by atoms with van der Waals surface area (Å²) in [5.41, 5.74) is 0.589. The van der Waals surface area contributed by atoms with E-state index in [1.807, 2.05) is 20.8 Å². The Balaban J connectivity index is 1.75. The second-order valence-corrected chi connectivity index (χ2v) is 12.3. The molecule has 2 fully saturated rings. The van der Waals surface area contributed by atoms with Crippen molar-refractivity contribution in [3.8, 4) is 5.69 Å². The minimum atomic E-state index is -0.823. The first kappa shape index (κ1) is 28.9. The van der Waals surface area contributed by atoms with Gasteiger partial charge in [-0.25, -0.2) is 19.3 Å². The van der Waals surface area contributed by atoms with E-state index < -0.39 is 23.6 Å². The standard InChI is InChI=1S/C28H39ClN6O4/c1-18(2)22-11-13-33(27(38)39-28(4,5)6)24(22)25(36)34(26(37)32-12-7-8-19(32)3)15-20-14-21(29)9-10-23(20)35-17-30-16-31-35/h9-10,14,16-19,22,24H,7-8,11-13,15H2,1-6H3/t19-,22?,24+/m1/s1. The summed E-state index contributed by atoms with van der Waals surface area (Å²) in [6.07, 6.45) is 4.83. The fourth-order valence-corrected chi connectivity index (χ4v) is 5.73. The van der Waals surface area contributed by atoms with E-state index in [-0.39, 0.29) is 30.5 Å². The van der Waals surface area contributed by atoms with Crippen LogP contribution in [0.3, 0.4) is 0 Å². The van der Waals surface area contributed by atoms with E-state index in [0.29, 0.717) is 35.8 Å². The number of benzene rings is 1. The number of halogens is 1. The minimum absolute atomic E-state index is 0.00776. The highest BCUT2D eigenvalue weighted by Crippen LogP contribution is 2.34. The van der Waals surface area contributed by atoms with Crippen molar-refractivity contribution in [3.63, 3.8) is 0 Å². The molecule has 11 heteroatoms. The summed E-state index contributed by atoms with van der Waals surface area (Å²) in [6.45, 7) is 12.4. The zero-order valence-electron chi connectivity index (χ0n) is 23.6. The molecule has 1 aromatic carbocycles. The summed E-state index contributed by atoms with van der Waals surface area (Å²) in [4.78, 5) is 50.4. The SMILES string of the molecule is CC(C)C1CCN(C(=O)OC(C)(C)C)[C@@H]1C(=O)N(Cc1cc(Cl)ccc1-n1cncn1)C(=O)N1CCC[C@H]1C. The van der Waals surface area contributed by atoms with E-state index in [4.69, 9.17) is 16.3 Å². The van der Waals surface area contributed by atoms with Crippen LogP contribution in [-0.2, 0) is 16.1 Å². The normalized spacial score (nSPS) is 21.5. The van der Waals surface area contributed by atoms with Crippen LogP contribution in [0.15, 0.2) is 30.9 Å². The summed E-state index contributed by atoms with van der Waals surface area (Å²) in [7, 11) is 0. The topological polar surface area (TPSA) is 101 Å². The number of carbonyl (C=O) groups is 3. The van der Waals surface area contributed by atoms with Gasteiger partial charge in [0.05, 0.1) is 12.2 Å². The lowest BCUT2D eigenvalue weighted by molar-refractivity contribution is -0.135. The molecule has 1 aromatic heterocycles. The number of nitrogens with zero attached hydrogens (tertiary/aromatic N) is 6. The predicted molar refractivity (Wildman–Crippen MR) is 147 cm³/mol. The van der Waals surface area contributed by atoms with Crippen LogP contribution in [0, 0.1) is 11.8 Å². The molecule has 3 atom stereocenters. The first-order valence-electron chi connectivity index (χ1n) is 13.6. The van der Waals surface area contributed by atoms with Crippen molar-refractivity contribution in [3.05, 3.63) is 41.4 Å². The summed E-state index contributed by atoms with van der Waals surface area (Å²) in [5, 5.41) is 4.71. The third kappa shape index (κ3) is 6.37. The minimum Gasteiger partial charge on any atom is -0.444 e. The van der Waals surface area contributed by atoms with Gasteiger partial charge in [-0.05, 0) is 82.6 Å². The van der Waals surface area contributed by atoms with E-state index in [1.165, 1.54) is 16.1 Å². The third-order valence-electron chi connectivity index (χ3n) is 7.51. The van der Waals surface area contributed by atoms with E-state index in [2.05, 4.69) is 10.1 Å². The van der Waals surface area contributed by atoms with Gasteiger partial charge in [0.15, 0.2) is 0 Å². The van der Waals surface area contributed by atoms with E-state index in [0.717, 1.165) is 12.8 Å². The van der Waals surface area contributed by atoms with Gasteiger partial charge in [0, 0.05) is 24.2 Å². The van der Waals surface area contributed by atoms with Gasteiger partial charge in [-0.1, -0.05) is 25.4 Å². The molecule has 2 aliphatic heterocycles. The highest BCUT2D eigenvalue weighted by molar-refractivity contribution is 6.30. The number of rotatable bonds is 5. The molecular formula is C28H39ClN6O4. The molecule has 10 nitrogen and oxygen atoms in total. The van der Waals surface area contributed by atoms with E-state index >= 15 is 0 Å². The van der Waals surface area contributed by atoms with Crippen LogP contribution in [0.25, 0.3) is 5.69 Å². The van der Waals surface area contributed by atoms with Gasteiger partial charge in [0.25, 0.3) is 5.91 Å². The fourth-order valence-electron chi connectivity index (χ4n) is 5.54. The Labute approximate surface area is 235 Å². The first-order valence-corrected chi connectivity index (χ1v) is 14.0. The van der Waals surface area contributed by atoms with Crippen LogP contribution in [0.4, 0.5) is 9.59 Å². The molecule has 39 heavy (non-hydrogen) atoms. The number of ether oxygens (including phenoxy) is 1. The van der Waals surface area contributed by atoms with Crippen molar-refractivity contribution in [2.75, 3.05) is 13.1 Å². The van der Waals surface area contributed by atoms with Crippen LogP contribution in [0.1, 0.15) is 66.4 Å². The van der Waals surface area contributed by atoms with Gasteiger partial charge < -0.3 is 9.64 Å². The van der Waals surface area contributed by atoms with Gasteiger partial charge in [-0.15, -0.1) is 0 Å². The number of hydrogen-bond donors (Lipinski definition) is 0. The number of urea groups is 1. The van der Waals surface area contributed by atoms with Crippen molar-refractivity contribution in [1.82, 2.24) is 29.5 Å². The largest absolute Gasteiger partial charge is 0.444 e. The lowest BCUT2D eigenvalue weighted by atomic mass is 9.88. The molecule has 212 valence electrons. The Morgan fingerprint density at radius 2 is 1.90 bits per heavy atom. The van der Waals surface area contributed by atoms with Gasteiger partial charge in [0.1, 0.15) is 24.3 Å². The van der Waals surface area contributed by atoms with E-state index in [1.54, 1.807) is 54.9 Å². The fraction of sp³-hybridized carbons (Fsp3) is 0.607. The zero-order valence-corrected chi connectivity index (χ0v) is 24.4. The Hall–Kier alpha value is -3.14. The molecule has 3 heterocycles. The monoisotopic (exact) mass is 558 g/mol. The third-order valence-corrected chi connectivity index (χ3v) is 7.75. The highest BCUT2D eigenvalue weighted by atomic mass is 35.5. The molecule has 2 aliphatic rings. The summed E-state index contributed by atoms with van der Waals surface area (Å²) >= 11 is 6.38. The second-order valence-electron chi connectivity index (χ2n) is 11.8. The quantitative estimate of drug-likeness (QED) is 0.504. The van der Waals surface area contributed by atoms with Crippen molar-refractivity contribution >= 4 is 29.6 Å². The summed E-state index contributed by atoms with van der Waals surface area (Å²) in [6, 6.07) is 4.07. The van der Waals surface area contributed by atoms with Crippen LogP contribution >= 0.6 is 11.6 Å². The van der Waals surface area contributed by atoms with Crippen molar-refractivity contribution in [2.24, 2.45) is 11.8 Å². The number of carbonyl (C=O) groups excluding carboxylic acids is 3. The van der Waals surface area contributed by atoms with E-state index in [9.17, 15) is 14.4 Å². The Bertz CT molecular complexity index is 1200. The maximum absolute atomic E-state index is 14.5. The number of amides is 4. The average Bonchev–Trinajstić information content (AvgIpc) is 3.61. The molecule has 0 bridgehead atoms. The second kappa shape index (κ2) is 11.5. The maximum atomic E-state index is 14.5. The molecule has 4 rings (SSSR count). The molecule has 0 radical (unpaired) electrons. The maximum Gasteiger partial charge on any atom is 0.410 e. The average molecular weight is 559 g/mol. The van der Waals surface area contributed by atoms with Gasteiger partial charge in [0.2, 0.25) is 0 Å². The molecule has 4 amide bonds. The van der Waals surface area contributed by atoms with Crippen LogP contribution < -0.4 is 0 Å². The van der Waals surface area contributed by atoms with Crippen molar-refractivity contribution in [1.29, 1.82) is 0 Å². The molecular weight excluding hydrogens is 520 g/mol. The Morgan fingerprint density at radius 1 is 1.15 bits per heavy atom. The predicted octanol–water partition coefficient (Wildman–Crippen LogP) is 5.14. The molecule has 0 spiro atoms. The lowest BCUT2D eigenvalue weighted by Crippen LogP contribution is -2.56. The summed E-state index contributed by atoms with van der Waals surface area (Å²) in [5.74, 6) is -0.415. The molecule has 0 aliphatic carbocycles. The van der Waals surface area contributed by atoms with Crippen molar-refractivity contribution in [2.45, 2.75) is 85.0 Å². The van der Waals surface area contributed by atoms with Crippen LogP contribution in [-0.4, -0.2) is 78.3 Å². The lowest BCUT2D eigenvalue weighted by Gasteiger charge is -2.36. The zero-order chi connectivity index (χ0) is 28.5. The smallest absolute Gasteiger partial charge is 0.410 e. The van der Waals surface area contributed by atoms with Gasteiger partial charge >= 0.3 is 12.1 Å². The Morgan fingerprint density at radius 3 is 2.49 bits per heavy atom. The molecule has 0 saturated carbocycles. The van der Waals surface area contributed by atoms with Gasteiger partial charge in [-0.3, -0.25) is 14.6 Å². The molecule has 2 saturated heterocycles.